The molecule has 1 amide bonds. The Morgan fingerprint density at radius 3 is 2.50 bits per heavy atom. The van der Waals surface area contributed by atoms with Crippen molar-refractivity contribution < 1.29 is 14.3 Å². The van der Waals surface area contributed by atoms with Crippen molar-refractivity contribution in [1.29, 1.82) is 0 Å². The molecule has 7 rings (SSSR count). The molecule has 4 heterocycles. The van der Waals surface area contributed by atoms with Crippen LogP contribution in [0.3, 0.4) is 0 Å². The summed E-state index contributed by atoms with van der Waals surface area (Å²) in [7, 11) is 0. The van der Waals surface area contributed by atoms with Crippen molar-refractivity contribution in [3.05, 3.63) is 91.4 Å². The van der Waals surface area contributed by atoms with Gasteiger partial charge in [0.05, 0.1) is 18.8 Å². The van der Waals surface area contributed by atoms with E-state index in [4.69, 9.17) is 21.1 Å². The number of ether oxygens (including phenoxy) is 2. The van der Waals surface area contributed by atoms with E-state index < -0.39 is 0 Å². The molecule has 0 atom stereocenters. The smallest absolute Gasteiger partial charge is 0.254 e. The van der Waals surface area contributed by atoms with Crippen LogP contribution < -0.4 is 19.9 Å². The van der Waals surface area contributed by atoms with Gasteiger partial charge in [-0.1, -0.05) is 50.6 Å². The van der Waals surface area contributed by atoms with Crippen LogP contribution in [0, 0.1) is 0 Å². The molecule has 5 nitrogen and oxygen atoms in total. The first-order chi connectivity index (χ1) is 19.3. The number of rotatable bonds is 2. The maximum atomic E-state index is 13.9. The van der Waals surface area contributed by atoms with Crippen LogP contribution in [0.1, 0.15) is 71.8 Å². The third-order valence-electron chi connectivity index (χ3n) is 8.83. The summed E-state index contributed by atoms with van der Waals surface area (Å²) < 4.78 is 15.0. The molecule has 0 saturated carbocycles. The van der Waals surface area contributed by atoms with Gasteiger partial charge in [-0.3, -0.25) is 4.79 Å². The van der Waals surface area contributed by atoms with Gasteiger partial charge in [-0.25, -0.2) is 4.58 Å². The maximum Gasteiger partial charge on any atom is 0.254 e. The minimum absolute atomic E-state index is 0.0453. The van der Waals surface area contributed by atoms with Crippen molar-refractivity contribution in [3.63, 3.8) is 0 Å². The summed E-state index contributed by atoms with van der Waals surface area (Å²) in [4.78, 5) is 15.9. The Hall–Kier alpha value is -3.15. The number of hydrogen-bond donors (Lipinski definition) is 0. The molecule has 40 heavy (non-hydrogen) atoms. The minimum atomic E-state index is -0.138. The van der Waals surface area contributed by atoms with Gasteiger partial charge in [-0.05, 0) is 53.6 Å². The number of carbonyl (C=O) groups is 1. The molecule has 0 N–H and O–H groups in total. The lowest BCUT2D eigenvalue weighted by atomic mass is 9.82. The Labute approximate surface area is 240 Å². The number of morpholine rings is 1. The molecule has 0 aliphatic carbocycles. The number of benzene rings is 3. The number of halogens is 1. The average Bonchev–Trinajstić information content (AvgIpc) is 2.96. The molecule has 0 bridgehead atoms. The Kier molecular flexibility index (Phi) is 6.28. The van der Waals surface area contributed by atoms with Gasteiger partial charge >= 0.3 is 0 Å². The van der Waals surface area contributed by atoms with Crippen LogP contribution >= 0.6 is 11.6 Å². The lowest BCUT2D eigenvalue weighted by Gasteiger charge is -2.30. The summed E-state index contributed by atoms with van der Waals surface area (Å²) in [5.41, 5.74) is 7.25. The van der Waals surface area contributed by atoms with Gasteiger partial charge in [0.1, 0.15) is 24.6 Å². The van der Waals surface area contributed by atoms with Crippen LogP contribution in [0.15, 0.2) is 42.5 Å². The molecule has 0 unspecified atom stereocenters. The standard InChI is InChI=1S/C34H36ClN2O3/c1-34(2,3)27-20-29-25(19-28(27)35)30(22-9-4-5-10-23(22)33(38)37-14-16-39-17-15-37)26-18-21-8-6-12-36-13-7-11-24(31(21)36)32(26)40-29/h4-5,9-10,18-20H,6-8,11-17H2,1-3H3/q+1. The quantitative estimate of drug-likeness (QED) is 0.332. The lowest BCUT2D eigenvalue weighted by Crippen LogP contribution is -2.45. The fraction of sp³-hybridized carbons (Fsp3) is 0.412. The first-order valence-corrected chi connectivity index (χ1v) is 15.0. The average molecular weight is 556 g/mol. The zero-order chi connectivity index (χ0) is 27.6. The van der Waals surface area contributed by atoms with Gasteiger partial charge in [0.25, 0.3) is 5.91 Å². The van der Waals surface area contributed by atoms with E-state index in [2.05, 4.69) is 49.6 Å². The summed E-state index contributed by atoms with van der Waals surface area (Å²) in [5, 5.41) is 3.17. The highest BCUT2D eigenvalue weighted by molar-refractivity contribution is 6.31. The van der Waals surface area contributed by atoms with Crippen molar-refractivity contribution in [2.45, 2.75) is 51.9 Å². The van der Waals surface area contributed by atoms with Crippen molar-refractivity contribution in [1.82, 2.24) is 9.48 Å². The van der Waals surface area contributed by atoms with E-state index >= 15 is 0 Å². The van der Waals surface area contributed by atoms with E-state index in [9.17, 15) is 4.79 Å². The molecule has 3 aromatic rings. The molecule has 206 valence electrons. The summed E-state index contributed by atoms with van der Waals surface area (Å²) in [5.74, 6) is 1.81. The summed E-state index contributed by atoms with van der Waals surface area (Å²) in [6.07, 6.45) is 4.34. The van der Waals surface area contributed by atoms with Gasteiger partial charge < -0.3 is 14.4 Å². The molecular weight excluding hydrogens is 520 g/mol. The predicted molar refractivity (Wildman–Crippen MR) is 158 cm³/mol. The summed E-state index contributed by atoms with van der Waals surface area (Å²) in [6.45, 7) is 11.1. The minimum Gasteiger partial charge on any atom is -0.456 e. The number of fused-ring (bicyclic) bond motifs is 3. The van der Waals surface area contributed by atoms with Crippen LogP contribution in [0.5, 0.6) is 11.5 Å². The first kappa shape index (κ1) is 25.8. The number of hydrogen-bond acceptors (Lipinski definition) is 3. The van der Waals surface area contributed by atoms with Gasteiger partial charge in [0.15, 0.2) is 0 Å². The monoisotopic (exact) mass is 555 g/mol. The number of carbonyl (C=O) groups excluding carboxylic acids is 1. The van der Waals surface area contributed by atoms with Crippen LogP contribution in [0.2, 0.25) is 5.02 Å². The molecule has 3 aromatic carbocycles. The lowest BCUT2D eigenvalue weighted by molar-refractivity contribution is 0.0302. The van der Waals surface area contributed by atoms with Gasteiger partial charge in [-0.15, -0.1) is 0 Å². The number of nitrogens with zero attached hydrogens (tertiary/aromatic N) is 2. The summed E-state index contributed by atoms with van der Waals surface area (Å²) in [6, 6.07) is 14.6. The first-order valence-electron chi connectivity index (χ1n) is 14.6. The molecule has 4 aliphatic heterocycles. The Balaban J connectivity index is 1.56. The fourth-order valence-electron chi connectivity index (χ4n) is 6.91. The molecule has 4 aliphatic rings. The normalized spacial score (nSPS) is 18.1. The van der Waals surface area contributed by atoms with Crippen LogP contribution in [0.25, 0.3) is 5.57 Å². The molecule has 0 aromatic heterocycles. The van der Waals surface area contributed by atoms with Crippen molar-refractivity contribution >= 4 is 23.1 Å². The number of amides is 1. The Morgan fingerprint density at radius 1 is 0.975 bits per heavy atom. The topological polar surface area (TPSA) is 41.8 Å². The highest BCUT2D eigenvalue weighted by Crippen LogP contribution is 2.43. The second-order valence-corrected chi connectivity index (χ2v) is 12.8. The zero-order valence-electron chi connectivity index (χ0n) is 23.6. The third kappa shape index (κ3) is 4.17. The molecule has 0 spiro atoms. The van der Waals surface area contributed by atoms with Crippen LogP contribution in [-0.4, -0.2) is 50.2 Å². The Bertz CT molecular complexity index is 1670. The molecule has 0 radical (unpaired) electrons. The van der Waals surface area contributed by atoms with E-state index in [-0.39, 0.29) is 11.3 Å². The highest BCUT2D eigenvalue weighted by Gasteiger charge is 2.33. The van der Waals surface area contributed by atoms with E-state index in [0.29, 0.717) is 31.9 Å². The van der Waals surface area contributed by atoms with Crippen molar-refractivity contribution in [2.75, 3.05) is 39.4 Å². The molecule has 6 heteroatoms. The van der Waals surface area contributed by atoms with Crippen LogP contribution in [0.4, 0.5) is 0 Å². The van der Waals surface area contributed by atoms with E-state index in [0.717, 1.165) is 82.8 Å². The van der Waals surface area contributed by atoms with Crippen LogP contribution in [-0.2, 0) is 23.0 Å². The van der Waals surface area contributed by atoms with Gasteiger partial charge in [0, 0.05) is 58.4 Å². The van der Waals surface area contributed by atoms with E-state index in [1.807, 2.05) is 23.1 Å². The van der Waals surface area contributed by atoms with Gasteiger partial charge in [0.2, 0.25) is 5.36 Å². The van der Waals surface area contributed by atoms with E-state index in [1.54, 1.807) is 0 Å². The zero-order valence-corrected chi connectivity index (χ0v) is 24.4. The van der Waals surface area contributed by atoms with E-state index in [1.165, 1.54) is 16.5 Å². The summed E-state index contributed by atoms with van der Waals surface area (Å²) >= 11 is 6.99. The largest absolute Gasteiger partial charge is 0.456 e. The number of aryl methyl sites for hydroxylation is 1. The highest BCUT2D eigenvalue weighted by atomic mass is 35.5. The second-order valence-electron chi connectivity index (χ2n) is 12.4. The molecule has 1 fully saturated rings. The SMILES string of the molecule is CC(C)(C)c1cc2c(cc1Cl)C(c1ccccc1C(=O)N1CCOCC1)=c1cc3c4c(c1O2)CCC[N+]=4CCC3. The molecule has 1 saturated heterocycles. The van der Waals surface area contributed by atoms with Gasteiger partial charge in [-0.2, -0.15) is 0 Å². The fourth-order valence-corrected chi connectivity index (χ4v) is 7.36. The third-order valence-corrected chi connectivity index (χ3v) is 9.14. The maximum absolute atomic E-state index is 13.9. The second kappa shape index (κ2) is 9.74. The van der Waals surface area contributed by atoms with Crippen molar-refractivity contribution in [2.24, 2.45) is 0 Å². The van der Waals surface area contributed by atoms with Crippen molar-refractivity contribution in [3.8, 4) is 11.5 Å². The molecular formula is C34H36ClN2O3+. The predicted octanol–water partition coefficient (Wildman–Crippen LogP) is 4.85. The Morgan fingerprint density at radius 2 is 1.73 bits per heavy atom.